The molecule has 1 aliphatic carbocycles. The lowest BCUT2D eigenvalue weighted by atomic mass is 9.67. The highest BCUT2D eigenvalue weighted by Gasteiger charge is 2.56. The third kappa shape index (κ3) is 2.00. The van der Waals surface area contributed by atoms with Gasteiger partial charge in [0.1, 0.15) is 11.4 Å². The van der Waals surface area contributed by atoms with Gasteiger partial charge in [-0.15, -0.1) is 0 Å². The molecule has 3 atom stereocenters. The van der Waals surface area contributed by atoms with E-state index in [1.807, 2.05) is 11.1 Å². The quantitative estimate of drug-likeness (QED) is 0.680. The third-order valence-electron chi connectivity index (χ3n) is 5.52. The first-order chi connectivity index (χ1) is 10.3. The molecule has 0 radical (unpaired) electrons. The van der Waals surface area contributed by atoms with Gasteiger partial charge in [0.05, 0.1) is 11.6 Å². The molecule has 3 nitrogen and oxygen atoms in total. The molecule has 0 amide bonds. The number of hydroxylamine groups is 2. The van der Waals surface area contributed by atoms with Crippen molar-refractivity contribution in [3.63, 3.8) is 0 Å². The van der Waals surface area contributed by atoms with E-state index < -0.39 is 0 Å². The second-order valence-electron chi connectivity index (χ2n) is 7.45. The van der Waals surface area contributed by atoms with Crippen LogP contribution in [0.25, 0.3) is 6.08 Å². The molecule has 22 heavy (non-hydrogen) atoms. The third-order valence-corrected chi connectivity index (χ3v) is 6.02. The lowest BCUT2D eigenvalue weighted by molar-refractivity contribution is -0.175. The molecule has 0 aromatic heterocycles. The fourth-order valence-electron chi connectivity index (χ4n) is 4.42. The van der Waals surface area contributed by atoms with Crippen LogP contribution in [-0.2, 0) is 4.84 Å². The van der Waals surface area contributed by atoms with Gasteiger partial charge in [-0.1, -0.05) is 15.9 Å². The normalized spacial score (nSPS) is 36.0. The Bertz CT molecular complexity index is 669. The van der Waals surface area contributed by atoms with Crippen molar-refractivity contribution in [1.82, 2.24) is 5.06 Å². The molecule has 0 N–H and O–H groups in total. The van der Waals surface area contributed by atoms with Crippen LogP contribution in [0, 0.1) is 5.92 Å². The second-order valence-corrected chi connectivity index (χ2v) is 8.36. The van der Waals surface area contributed by atoms with Crippen LogP contribution in [0.5, 0.6) is 5.75 Å². The summed E-state index contributed by atoms with van der Waals surface area (Å²) < 4.78 is 7.51. The summed E-state index contributed by atoms with van der Waals surface area (Å²) in [6.45, 7) is 6.62. The van der Waals surface area contributed by atoms with E-state index in [9.17, 15) is 0 Å². The minimum absolute atomic E-state index is 0.112. The average molecular weight is 364 g/mol. The maximum Gasteiger partial charge on any atom is 0.129 e. The van der Waals surface area contributed by atoms with Gasteiger partial charge in [0.15, 0.2) is 0 Å². The average Bonchev–Trinajstić information content (AvgIpc) is 2.66. The van der Waals surface area contributed by atoms with Gasteiger partial charge in [-0.2, -0.15) is 5.06 Å². The van der Waals surface area contributed by atoms with Crippen molar-refractivity contribution in [3.05, 3.63) is 33.8 Å². The molecule has 4 rings (SSSR count). The van der Waals surface area contributed by atoms with Crippen molar-refractivity contribution in [1.29, 1.82) is 0 Å². The summed E-state index contributed by atoms with van der Waals surface area (Å²) >= 11 is 3.56. The van der Waals surface area contributed by atoms with Crippen LogP contribution in [0.15, 0.2) is 28.2 Å². The number of fused-ring (bicyclic) bond motifs is 4. The van der Waals surface area contributed by atoms with Gasteiger partial charge in [0.25, 0.3) is 0 Å². The molecule has 3 aliphatic rings. The topological polar surface area (TPSA) is 21.7 Å². The van der Waals surface area contributed by atoms with Gasteiger partial charge in [-0.05, 0) is 63.5 Å². The smallest absolute Gasteiger partial charge is 0.129 e. The van der Waals surface area contributed by atoms with Crippen molar-refractivity contribution < 1.29 is 9.57 Å². The highest BCUT2D eigenvalue weighted by molar-refractivity contribution is 9.10. The van der Waals surface area contributed by atoms with Crippen molar-refractivity contribution in [2.75, 3.05) is 7.05 Å². The summed E-state index contributed by atoms with van der Waals surface area (Å²) in [4.78, 5) is 6.13. The predicted octanol–water partition coefficient (Wildman–Crippen LogP) is 4.42. The first kappa shape index (κ1) is 14.7. The number of ether oxygens (including phenoxy) is 1. The molecule has 1 aromatic carbocycles. The van der Waals surface area contributed by atoms with E-state index in [-0.39, 0.29) is 11.2 Å². The summed E-state index contributed by atoms with van der Waals surface area (Å²) in [5.74, 6) is 1.49. The van der Waals surface area contributed by atoms with Gasteiger partial charge >= 0.3 is 0 Å². The zero-order chi connectivity index (χ0) is 15.7. The first-order valence-electron chi connectivity index (χ1n) is 7.93. The molecule has 0 spiro atoms. The number of hydrogen-bond acceptors (Lipinski definition) is 3. The maximum atomic E-state index is 6.43. The molecule has 2 fully saturated rings. The SMILES string of the molecule is CN1OC(C)(C)[C@H]2CC[C@]3(C)Oc4ccc(Br)cc4C=C3[C@@H]21. The van der Waals surface area contributed by atoms with Crippen molar-refractivity contribution in [2.45, 2.75) is 50.9 Å². The van der Waals surface area contributed by atoms with E-state index in [1.54, 1.807) is 0 Å². The summed E-state index contributed by atoms with van der Waals surface area (Å²) in [5.41, 5.74) is 2.17. The fourth-order valence-corrected chi connectivity index (χ4v) is 4.80. The molecule has 2 aliphatic heterocycles. The Morgan fingerprint density at radius 2 is 2.05 bits per heavy atom. The van der Waals surface area contributed by atoms with Crippen molar-refractivity contribution >= 4 is 22.0 Å². The Labute approximate surface area is 140 Å². The second kappa shape index (κ2) is 4.59. The number of rotatable bonds is 0. The lowest BCUT2D eigenvalue weighted by Crippen LogP contribution is -2.51. The van der Waals surface area contributed by atoms with Crippen LogP contribution in [-0.4, -0.2) is 29.4 Å². The lowest BCUT2D eigenvalue weighted by Gasteiger charge is -2.46. The van der Waals surface area contributed by atoms with Crippen molar-refractivity contribution in [3.8, 4) is 5.75 Å². The summed E-state index contributed by atoms with van der Waals surface area (Å²) in [7, 11) is 2.05. The summed E-state index contributed by atoms with van der Waals surface area (Å²) in [6, 6.07) is 6.52. The van der Waals surface area contributed by atoms with Gasteiger partial charge in [0.2, 0.25) is 0 Å². The summed E-state index contributed by atoms with van der Waals surface area (Å²) in [6.07, 6.45) is 4.49. The van der Waals surface area contributed by atoms with Crippen LogP contribution < -0.4 is 4.74 Å². The largest absolute Gasteiger partial charge is 0.483 e. The number of benzene rings is 1. The van der Waals surface area contributed by atoms with Crippen LogP contribution in [0.1, 0.15) is 39.2 Å². The highest BCUT2D eigenvalue weighted by atomic mass is 79.9. The van der Waals surface area contributed by atoms with Gasteiger partial charge in [-0.3, -0.25) is 4.84 Å². The molecule has 0 unspecified atom stereocenters. The highest BCUT2D eigenvalue weighted by Crippen LogP contribution is 2.53. The maximum absolute atomic E-state index is 6.43. The molecule has 1 saturated heterocycles. The Morgan fingerprint density at radius 1 is 1.27 bits per heavy atom. The van der Waals surface area contributed by atoms with Crippen molar-refractivity contribution in [2.24, 2.45) is 5.92 Å². The van der Waals surface area contributed by atoms with E-state index >= 15 is 0 Å². The molecule has 118 valence electrons. The van der Waals surface area contributed by atoms with Crippen LogP contribution in [0.4, 0.5) is 0 Å². The Balaban J connectivity index is 1.84. The number of likely N-dealkylation sites (N-methyl/N-ethyl adjacent to an activating group) is 1. The van der Waals surface area contributed by atoms with Gasteiger partial charge in [0, 0.05) is 23.0 Å². The molecular formula is C18H22BrNO2. The van der Waals surface area contributed by atoms with Crippen LogP contribution in [0.2, 0.25) is 0 Å². The minimum atomic E-state index is -0.222. The first-order valence-corrected chi connectivity index (χ1v) is 8.72. The molecule has 2 heterocycles. The van der Waals surface area contributed by atoms with E-state index in [4.69, 9.17) is 9.57 Å². The monoisotopic (exact) mass is 363 g/mol. The van der Waals surface area contributed by atoms with Crippen LogP contribution in [0.3, 0.4) is 0 Å². The standard InChI is InChI=1S/C18H22BrNO2/c1-17(2)13-7-8-18(3)14(16(13)20(4)22-17)10-11-9-12(19)5-6-15(11)21-18/h5-6,9-10,13,16H,7-8H2,1-4H3/t13-,16+,18-/m0/s1. The Morgan fingerprint density at radius 3 is 2.82 bits per heavy atom. The van der Waals surface area contributed by atoms with E-state index in [1.165, 1.54) is 5.57 Å². The summed E-state index contributed by atoms with van der Waals surface area (Å²) in [5, 5.41) is 2.04. The Kier molecular flexibility index (Phi) is 3.07. The van der Waals surface area contributed by atoms with E-state index in [2.05, 4.69) is 62.0 Å². The number of nitrogens with zero attached hydrogens (tertiary/aromatic N) is 1. The minimum Gasteiger partial charge on any atom is -0.483 e. The van der Waals surface area contributed by atoms with E-state index in [0.29, 0.717) is 12.0 Å². The predicted molar refractivity (Wildman–Crippen MR) is 90.6 cm³/mol. The fraction of sp³-hybridized carbons (Fsp3) is 0.556. The molecular weight excluding hydrogens is 342 g/mol. The number of halogens is 1. The van der Waals surface area contributed by atoms with Crippen LogP contribution >= 0.6 is 15.9 Å². The number of hydrogen-bond donors (Lipinski definition) is 0. The van der Waals surface area contributed by atoms with Gasteiger partial charge < -0.3 is 4.74 Å². The zero-order valence-corrected chi connectivity index (χ0v) is 15.1. The zero-order valence-electron chi connectivity index (χ0n) is 13.5. The molecule has 0 bridgehead atoms. The molecule has 4 heteroatoms. The molecule has 1 saturated carbocycles. The van der Waals surface area contributed by atoms with Gasteiger partial charge in [-0.25, -0.2) is 0 Å². The molecule has 1 aromatic rings. The Hall–Kier alpha value is -0.840. The van der Waals surface area contributed by atoms with E-state index in [0.717, 1.165) is 28.6 Å².